The van der Waals surface area contributed by atoms with Gasteiger partial charge in [-0.2, -0.15) is 5.10 Å². The summed E-state index contributed by atoms with van der Waals surface area (Å²) < 4.78 is 5.85. The highest BCUT2D eigenvalue weighted by atomic mass is 35.5. The van der Waals surface area contributed by atoms with Crippen molar-refractivity contribution in [3.63, 3.8) is 0 Å². The van der Waals surface area contributed by atoms with Gasteiger partial charge in [-0.05, 0) is 66.6 Å². The first-order valence-corrected chi connectivity index (χ1v) is 13.5. The Balaban J connectivity index is 1.15. The van der Waals surface area contributed by atoms with Crippen molar-refractivity contribution in [1.82, 2.24) is 10.4 Å². The average molecular weight is 553 g/mol. The Morgan fingerprint density at radius 3 is 2.59 bits per heavy atom. The molecule has 1 heterocycles. The van der Waals surface area contributed by atoms with Crippen molar-refractivity contribution >= 4 is 45.9 Å². The molecule has 0 spiro atoms. The summed E-state index contributed by atoms with van der Waals surface area (Å²) in [5.41, 5.74) is 8.83. The van der Waals surface area contributed by atoms with Gasteiger partial charge < -0.3 is 10.1 Å². The molecule has 0 bridgehead atoms. The number of amides is 1. The molecule has 0 aliphatic rings. The molecule has 0 saturated heterocycles. The standard InChI is InChI=1S/C31H25ClN4O2S/c1-21-8-14-27(15-9-21)34-31-35-29(20-39-31)24-10-12-25(13-11-24)30(37)36-33-18-22-4-3-7-28(17-22)38-19-23-5-2-6-26(32)16-23/h2-18,20H,19H2,1H3,(H,34,35)(H,36,37)/b33-18-. The van der Waals surface area contributed by atoms with E-state index in [4.69, 9.17) is 16.3 Å². The van der Waals surface area contributed by atoms with Crippen LogP contribution in [0.1, 0.15) is 27.0 Å². The van der Waals surface area contributed by atoms with Gasteiger partial charge in [-0.1, -0.05) is 65.7 Å². The van der Waals surface area contributed by atoms with E-state index in [-0.39, 0.29) is 5.91 Å². The van der Waals surface area contributed by atoms with Crippen molar-refractivity contribution < 1.29 is 9.53 Å². The number of thiazole rings is 1. The van der Waals surface area contributed by atoms with E-state index in [1.54, 1.807) is 18.3 Å². The van der Waals surface area contributed by atoms with E-state index < -0.39 is 0 Å². The van der Waals surface area contributed by atoms with Gasteiger partial charge in [0.05, 0.1) is 11.9 Å². The zero-order valence-corrected chi connectivity index (χ0v) is 22.7. The summed E-state index contributed by atoms with van der Waals surface area (Å²) >= 11 is 7.56. The van der Waals surface area contributed by atoms with Gasteiger partial charge >= 0.3 is 0 Å². The third kappa shape index (κ3) is 7.31. The molecule has 194 valence electrons. The van der Waals surface area contributed by atoms with Gasteiger partial charge in [0.1, 0.15) is 12.4 Å². The van der Waals surface area contributed by atoms with E-state index >= 15 is 0 Å². The topological polar surface area (TPSA) is 75.6 Å². The van der Waals surface area contributed by atoms with Crippen LogP contribution in [0.15, 0.2) is 108 Å². The number of carbonyl (C=O) groups is 1. The molecule has 6 nitrogen and oxygen atoms in total. The van der Waals surface area contributed by atoms with Crippen LogP contribution in [0.5, 0.6) is 5.75 Å². The number of benzene rings is 4. The molecule has 0 saturated carbocycles. The van der Waals surface area contributed by atoms with E-state index in [9.17, 15) is 4.79 Å². The minimum Gasteiger partial charge on any atom is -0.489 e. The molecule has 0 radical (unpaired) electrons. The second-order valence-electron chi connectivity index (χ2n) is 8.80. The summed E-state index contributed by atoms with van der Waals surface area (Å²) in [6.45, 7) is 2.46. The van der Waals surface area contributed by atoms with Crippen LogP contribution in [-0.2, 0) is 6.61 Å². The smallest absolute Gasteiger partial charge is 0.271 e. The Hall–Kier alpha value is -4.46. The van der Waals surface area contributed by atoms with Crippen molar-refractivity contribution in [1.29, 1.82) is 0 Å². The van der Waals surface area contributed by atoms with Gasteiger partial charge in [0.15, 0.2) is 5.13 Å². The molecule has 0 aliphatic heterocycles. The quantitative estimate of drug-likeness (QED) is 0.144. The van der Waals surface area contributed by atoms with Crippen LogP contribution in [0.2, 0.25) is 5.02 Å². The molecular weight excluding hydrogens is 528 g/mol. The maximum Gasteiger partial charge on any atom is 0.271 e. The number of ether oxygens (including phenoxy) is 1. The molecule has 0 fully saturated rings. The molecule has 8 heteroatoms. The van der Waals surface area contributed by atoms with Crippen LogP contribution in [-0.4, -0.2) is 17.1 Å². The molecule has 39 heavy (non-hydrogen) atoms. The molecule has 5 aromatic rings. The summed E-state index contributed by atoms with van der Waals surface area (Å²) in [6, 6.07) is 30.5. The third-order valence-electron chi connectivity index (χ3n) is 5.78. The SMILES string of the molecule is Cc1ccc(Nc2nc(-c3ccc(C(=O)N/N=C\c4cccc(OCc5cccc(Cl)c5)c4)cc3)cs2)cc1. The maximum atomic E-state index is 12.6. The summed E-state index contributed by atoms with van der Waals surface area (Å²) in [7, 11) is 0. The normalized spacial score (nSPS) is 10.9. The van der Waals surface area contributed by atoms with Gasteiger partial charge in [0.2, 0.25) is 0 Å². The first-order chi connectivity index (χ1) is 19.0. The Labute approximate surface area is 236 Å². The Morgan fingerprint density at radius 1 is 1.00 bits per heavy atom. The highest BCUT2D eigenvalue weighted by Crippen LogP contribution is 2.27. The van der Waals surface area contributed by atoms with Gasteiger partial charge in [-0.25, -0.2) is 10.4 Å². The maximum absolute atomic E-state index is 12.6. The van der Waals surface area contributed by atoms with Crippen LogP contribution < -0.4 is 15.5 Å². The van der Waals surface area contributed by atoms with Crippen LogP contribution in [0.3, 0.4) is 0 Å². The number of nitrogens with zero attached hydrogens (tertiary/aromatic N) is 2. The van der Waals surface area contributed by atoms with Crippen LogP contribution >= 0.6 is 22.9 Å². The van der Waals surface area contributed by atoms with Gasteiger partial charge in [-0.3, -0.25) is 4.79 Å². The molecular formula is C31H25ClN4O2S. The first-order valence-electron chi connectivity index (χ1n) is 12.2. The summed E-state index contributed by atoms with van der Waals surface area (Å²) in [6.07, 6.45) is 1.58. The highest BCUT2D eigenvalue weighted by Gasteiger charge is 2.08. The van der Waals surface area contributed by atoms with E-state index in [1.165, 1.54) is 16.9 Å². The zero-order valence-electron chi connectivity index (χ0n) is 21.1. The molecule has 1 amide bonds. The van der Waals surface area contributed by atoms with Crippen LogP contribution in [0.25, 0.3) is 11.3 Å². The average Bonchev–Trinajstić information content (AvgIpc) is 3.42. The molecule has 0 unspecified atom stereocenters. The number of hydrazone groups is 1. The highest BCUT2D eigenvalue weighted by molar-refractivity contribution is 7.14. The lowest BCUT2D eigenvalue weighted by Gasteiger charge is -2.07. The number of nitrogens with one attached hydrogen (secondary N) is 2. The van der Waals surface area contributed by atoms with Crippen molar-refractivity contribution in [2.45, 2.75) is 13.5 Å². The fourth-order valence-electron chi connectivity index (χ4n) is 3.72. The van der Waals surface area contributed by atoms with Gasteiger partial charge in [0.25, 0.3) is 5.91 Å². The first kappa shape index (κ1) is 26.2. The lowest BCUT2D eigenvalue weighted by atomic mass is 10.1. The number of carbonyl (C=O) groups excluding carboxylic acids is 1. The summed E-state index contributed by atoms with van der Waals surface area (Å²) in [5.74, 6) is 0.395. The van der Waals surface area contributed by atoms with Crippen molar-refractivity contribution in [2.75, 3.05) is 5.32 Å². The number of hydrogen-bond acceptors (Lipinski definition) is 6. The number of halogens is 1. The Kier molecular flexibility index (Phi) is 8.31. The molecule has 2 N–H and O–H groups in total. The predicted molar refractivity (Wildman–Crippen MR) is 159 cm³/mol. The fourth-order valence-corrected chi connectivity index (χ4v) is 4.68. The Bertz CT molecular complexity index is 1600. The van der Waals surface area contributed by atoms with Gasteiger partial charge in [0, 0.05) is 27.2 Å². The number of hydrogen-bond donors (Lipinski definition) is 2. The van der Waals surface area contributed by atoms with Crippen molar-refractivity contribution in [2.24, 2.45) is 5.10 Å². The minimum atomic E-state index is -0.300. The lowest BCUT2D eigenvalue weighted by Crippen LogP contribution is -2.17. The van der Waals surface area contributed by atoms with Crippen molar-refractivity contribution in [3.8, 4) is 17.0 Å². The molecule has 0 atom stereocenters. The van der Waals surface area contributed by atoms with E-state index in [1.807, 2.05) is 78.2 Å². The van der Waals surface area contributed by atoms with Crippen LogP contribution in [0, 0.1) is 6.92 Å². The number of aromatic nitrogens is 1. The lowest BCUT2D eigenvalue weighted by molar-refractivity contribution is 0.0955. The molecule has 0 aliphatic carbocycles. The second-order valence-corrected chi connectivity index (χ2v) is 10.1. The molecule has 5 rings (SSSR count). The van der Waals surface area contributed by atoms with E-state index in [0.29, 0.717) is 22.9 Å². The third-order valence-corrected chi connectivity index (χ3v) is 6.78. The monoisotopic (exact) mass is 552 g/mol. The van der Waals surface area contributed by atoms with Crippen LogP contribution in [0.4, 0.5) is 10.8 Å². The molecule has 4 aromatic carbocycles. The Morgan fingerprint density at radius 2 is 1.79 bits per heavy atom. The van der Waals surface area contributed by atoms with E-state index in [2.05, 4.69) is 39.9 Å². The van der Waals surface area contributed by atoms with Gasteiger partial charge in [-0.15, -0.1) is 11.3 Å². The fraction of sp³-hybridized carbons (Fsp3) is 0.0645. The number of anilines is 2. The predicted octanol–water partition coefficient (Wildman–Crippen LogP) is 7.86. The summed E-state index contributed by atoms with van der Waals surface area (Å²) in [5, 5.41) is 10.9. The number of rotatable bonds is 9. The zero-order chi connectivity index (χ0) is 27.0. The molecule has 1 aromatic heterocycles. The largest absolute Gasteiger partial charge is 0.489 e. The second kappa shape index (κ2) is 12.4. The van der Waals surface area contributed by atoms with E-state index in [0.717, 1.165) is 33.2 Å². The number of aryl methyl sites for hydroxylation is 1. The van der Waals surface area contributed by atoms with Crippen molar-refractivity contribution in [3.05, 3.63) is 130 Å². The minimum absolute atomic E-state index is 0.300. The summed E-state index contributed by atoms with van der Waals surface area (Å²) in [4.78, 5) is 17.2.